The molecule has 0 fully saturated rings. The van der Waals surface area contributed by atoms with Crippen molar-refractivity contribution in [2.75, 3.05) is 0 Å². The van der Waals surface area contributed by atoms with E-state index in [1.165, 1.54) is 5.57 Å². The van der Waals surface area contributed by atoms with Gasteiger partial charge in [0.05, 0.1) is 9.52 Å². The van der Waals surface area contributed by atoms with E-state index in [-0.39, 0.29) is 9.52 Å². The largest absolute Gasteiger partial charge is 0.0774 e. The molecule has 0 aliphatic heterocycles. The van der Waals surface area contributed by atoms with E-state index in [4.69, 9.17) is 0 Å². The van der Waals surface area contributed by atoms with Crippen LogP contribution in [0, 0.1) is 0 Å². The Morgan fingerprint density at radius 3 is 2.36 bits per heavy atom. The second kappa shape index (κ2) is 3.97. The zero-order valence-electron chi connectivity index (χ0n) is 8.83. The smallest absolute Gasteiger partial charge is 0.0667 e. The van der Waals surface area contributed by atoms with E-state index in [1.807, 2.05) is 0 Å². The number of benzene rings is 1. The van der Waals surface area contributed by atoms with Gasteiger partial charge in [-0.05, 0) is 19.4 Å². The molecule has 0 saturated heterocycles. The molecule has 0 nitrogen and oxygen atoms in total. The highest BCUT2D eigenvalue weighted by Crippen LogP contribution is 2.27. The maximum atomic E-state index is 2.43. The van der Waals surface area contributed by atoms with Crippen molar-refractivity contribution in [1.29, 1.82) is 0 Å². The molecule has 1 unspecified atom stereocenters. The Morgan fingerprint density at radius 1 is 1.07 bits per heavy atom. The molecule has 0 heterocycles. The Labute approximate surface area is 88.2 Å². The summed E-state index contributed by atoms with van der Waals surface area (Å²) in [5.74, 6) is 0. The number of rotatable bonds is 2. The van der Waals surface area contributed by atoms with Gasteiger partial charge in [-0.25, -0.2) is 0 Å². The van der Waals surface area contributed by atoms with Gasteiger partial charge in [0.2, 0.25) is 0 Å². The molecule has 0 radical (unpaired) electrons. The predicted octanol–water partition coefficient (Wildman–Crippen LogP) is 2.18. The zero-order valence-corrected chi connectivity index (χ0v) is 10.2. The Balaban J connectivity index is 2.10. The van der Waals surface area contributed by atoms with Gasteiger partial charge in [0, 0.05) is 0 Å². The molecule has 1 aliphatic carbocycles. The van der Waals surface area contributed by atoms with Crippen LogP contribution in [0.25, 0.3) is 0 Å². The van der Waals surface area contributed by atoms with Crippen molar-refractivity contribution < 1.29 is 0 Å². The molecule has 1 aromatic carbocycles. The van der Waals surface area contributed by atoms with Gasteiger partial charge in [-0.3, -0.25) is 0 Å². The second-order valence-corrected chi connectivity index (χ2v) is 6.20. The quantitative estimate of drug-likeness (QED) is 0.642. The normalized spacial score (nSPS) is 21.4. The Bertz CT molecular complexity index is 373. The summed E-state index contributed by atoms with van der Waals surface area (Å²) in [6.45, 7) is 4.45. The van der Waals surface area contributed by atoms with E-state index in [2.05, 4.69) is 56.3 Å². The maximum absolute atomic E-state index is 2.43. The van der Waals surface area contributed by atoms with Crippen molar-refractivity contribution >= 4 is 14.7 Å². The van der Waals surface area contributed by atoms with Gasteiger partial charge in [-0.15, -0.1) is 0 Å². The first-order valence-corrected chi connectivity index (χ1v) is 6.68. The van der Waals surface area contributed by atoms with Crippen molar-refractivity contribution in [2.45, 2.75) is 19.4 Å². The molecule has 0 aromatic heterocycles. The van der Waals surface area contributed by atoms with Gasteiger partial charge in [-0.1, -0.05) is 58.8 Å². The molecule has 72 valence electrons. The number of hydrogen-bond donors (Lipinski definition) is 0. The summed E-state index contributed by atoms with van der Waals surface area (Å²) in [4.78, 5) is 0. The summed E-state index contributed by atoms with van der Waals surface area (Å²) < 4.78 is 0. The molecule has 0 N–H and O–H groups in total. The fourth-order valence-electron chi connectivity index (χ4n) is 2.05. The van der Waals surface area contributed by atoms with Crippen LogP contribution in [-0.2, 0) is 0 Å². The second-order valence-electron chi connectivity index (χ2n) is 4.10. The van der Waals surface area contributed by atoms with Crippen LogP contribution in [0.1, 0.15) is 13.8 Å². The van der Waals surface area contributed by atoms with E-state index >= 15 is 0 Å². The summed E-state index contributed by atoms with van der Waals surface area (Å²) in [6, 6.07) is 10.9. The molecule has 1 heteroatoms. The first-order valence-electron chi connectivity index (χ1n) is 5.16. The van der Waals surface area contributed by atoms with Crippen molar-refractivity contribution in [1.82, 2.24) is 0 Å². The van der Waals surface area contributed by atoms with Crippen LogP contribution in [0.15, 0.2) is 53.6 Å². The average molecular weight is 200 g/mol. The Morgan fingerprint density at radius 2 is 1.79 bits per heavy atom. The molecular formula is C13H16Si. The predicted molar refractivity (Wildman–Crippen MR) is 65.9 cm³/mol. The van der Waals surface area contributed by atoms with Crippen LogP contribution < -0.4 is 5.19 Å². The van der Waals surface area contributed by atoms with Crippen molar-refractivity contribution in [3.8, 4) is 0 Å². The summed E-state index contributed by atoms with van der Waals surface area (Å²) in [5, 5.41) is 1.57. The average Bonchev–Trinajstić information content (AvgIpc) is 2.47. The minimum atomic E-state index is -0.159. The third-order valence-corrected chi connectivity index (χ3v) is 5.07. The van der Waals surface area contributed by atoms with Crippen molar-refractivity contribution in [3.05, 3.63) is 53.6 Å². The summed E-state index contributed by atoms with van der Waals surface area (Å²) in [7, 11) is -0.159. The Kier molecular flexibility index (Phi) is 2.68. The molecule has 0 spiro atoms. The molecule has 1 atom stereocenters. The molecule has 0 saturated carbocycles. The van der Waals surface area contributed by atoms with Gasteiger partial charge in [0.25, 0.3) is 0 Å². The van der Waals surface area contributed by atoms with Crippen LogP contribution in [0.2, 0.25) is 5.54 Å². The Hall–Kier alpha value is -1.08. The number of allylic oxidation sites excluding steroid dienone is 4. The third-order valence-electron chi connectivity index (χ3n) is 2.80. The topological polar surface area (TPSA) is 0 Å². The SMILES string of the molecule is CC1=CC([SiH2]c2ccccc2)C(C)=C1. The monoisotopic (exact) mass is 200 g/mol. The summed E-state index contributed by atoms with van der Waals surface area (Å²) >= 11 is 0. The van der Waals surface area contributed by atoms with E-state index in [1.54, 1.807) is 10.8 Å². The molecule has 0 amide bonds. The highest BCUT2D eigenvalue weighted by Gasteiger charge is 2.14. The van der Waals surface area contributed by atoms with Crippen LogP contribution in [-0.4, -0.2) is 9.52 Å². The lowest BCUT2D eigenvalue weighted by molar-refractivity contribution is 1.23. The first kappa shape index (κ1) is 9.47. The van der Waals surface area contributed by atoms with E-state index in [9.17, 15) is 0 Å². The standard InChI is InChI=1S/C13H16Si/c1-10-8-11(2)13(9-10)14-12-6-4-3-5-7-12/h3-9,13H,14H2,1-2H3. The number of hydrogen-bond acceptors (Lipinski definition) is 0. The summed E-state index contributed by atoms with van der Waals surface area (Å²) in [6.07, 6.45) is 4.75. The molecule has 14 heavy (non-hydrogen) atoms. The molecule has 1 aromatic rings. The first-order chi connectivity index (χ1) is 6.75. The van der Waals surface area contributed by atoms with Gasteiger partial charge in [-0.2, -0.15) is 0 Å². The third kappa shape index (κ3) is 2.04. The van der Waals surface area contributed by atoms with Crippen LogP contribution in [0.4, 0.5) is 0 Å². The fraction of sp³-hybridized carbons (Fsp3) is 0.231. The fourth-order valence-corrected chi connectivity index (χ4v) is 4.03. The minimum Gasteiger partial charge on any atom is -0.0774 e. The van der Waals surface area contributed by atoms with Crippen molar-refractivity contribution in [3.63, 3.8) is 0 Å². The van der Waals surface area contributed by atoms with Gasteiger partial charge in [0.1, 0.15) is 0 Å². The van der Waals surface area contributed by atoms with E-state index in [0.29, 0.717) is 0 Å². The lowest BCUT2D eigenvalue weighted by Crippen LogP contribution is -2.17. The van der Waals surface area contributed by atoms with E-state index in [0.717, 1.165) is 5.54 Å². The lowest BCUT2D eigenvalue weighted by Gasteiger charge is -2.08. The van der Waals surface area contributed by atoms with Gasteiger partial charge in [0.15, 0.2) is 0 Å². The van der Waals surface area contributed by atoms with Crippen LogP contribution >= 0.6 is 0 Å². The van der Waals surface area contributed by atoms with Gasteiger partial charge < -0.3 is 0 Å². The maximum Gasteiger partial charge on any atom is 0.0667 e. The van der Waals surface area contributed by atoms with E-state index < -0.39 is 0 Å². The van der Waals surface area contributed by atoms with Crippen LogP contribution in [0.5, 0.6) is 0 Å². The summed E-state index contributed by atoms with van der Waals surface area (Å²) in [5.41, 5.74) is 3.76. The highest BCUT2D eigenvalue weighted by atomic mass is 28.2. The van der Waals surface area contributed by atoms with Crippen molar-refractivity contribution in [2.24, 2.45) is 0 Å². The molecular weight excluding hydrogens is 184 g/mol. The van der Waals surface area contributed by atoms with Crippen LogP contribution in [0.3, 0.4) is 0 Å². The minimum absolute atomic E-state index is 0.159. The highest BCUT2D eigenvalue weighted by molar-refractivity contribution is 6.56. The molecule has 2 rings (SSSR count). The molecule has 1 aliphatic rings. The van der Waals surface area contributed by atoms with Gasteiger partial charge >= 0.3 is 0 Å². The lowest BCUT2D eigenvalue weighted by atomic mass is 10.3. The molecule has 0 bridgehead atoms. The zero-order chi connectivity index (χ0) is 9.97.